The summed E-state index contributed by atoms with van der Waals surface area (Å²) in [6.45, 7) is -0.539. The van der Waals surface area contributed by atoms with Crippen LogP contribution in [-0.4, -0.2) is 28.4 Å². The lowest BCUT2D eigenvalue weighted by Gasteiger charge is -2.07. The van der Waals surface area contributed by atoms with Gasteiger partial charge in [0.25, 0.3) is 5.69 Å². The van der Waals surface area contributed by atoms with Crippen LogP contribution in [0.4, 0.5) is 5.69 Å². The Morgan fingerprint density at radius 2 is 1.62 bits per heavy atom. The van der Waals surface area contributed by atoms with Crippen molar-refractivity contribution >= 4 is 28.2 Å². The molecule has 3 aromatic rings. The molecule has 7 heteroatoms. The number of rotatable bonds is 5. The number of carbonyl (C=O) groups excluding carboxylic acids is 2. The summed E-state index contributed by atoms with van der Waals surface area (Å²) in [6, 6.07) is 15.1. The molecule has 0 radical (unpaired) electrons. The van der Waals surface area contributed by atoms with Crippen LogP contribution in [0.5, 0.6) is 5.75 Å². The summed E-state index contributed by atoms with van der Waals surface area (Å²) in [5.41, 5.74) is 0.00552. The maximum Gasteiger partial charge on any atom is 0.342 e. The zero-order valence-corrected chi connectivity index (χ0v) is 13.4. The van der Waals surface area contributed by atoms with Crippen molar-refractivity contribution in [3.63, 3.8) is 0 Å². The highest BCUT2D eigenvalue weighted by Gasteiger charge is 2.17. The van der Waals surface area contributed by atoms with Crippen molar-refractivity contribution in [3.05, 3.63) is 81.9 Å². The Morgan fingerprint density at radius 3 is 2.23 bits per heavy atom. The van der Waals surface area contributed by atoms with Crippen molar-refractivity contribution in [2.24, 2.45) is 0 Å². The Kier molecular flexibility index (Phi) is 4.62. The number of carbonyl (C=O) groups is 2. The minimum Gasteiger partial charge on any atom is -0.507 e. The van der Waals surface area contributed by atoms with E-state index in [4.69, 9.17) is 4.74 Å². The predicted octanol–water partition coefficient (Wildman–Crippen LogP) is 3.49. The first-order valence-electron chi connectivity index (χ1n) is 7.62. The number of hydrogen-bond acceptors (Lipinski definition) is 6. The molecule has 7 nitrogen and oxygen atoms in total. The number of aromatic hydroxyl groups is 1. The summed E-state index contributed by atoms with van der Waals surface area (Å²) in [5, 5.41) is 22.1. The normalized spacial score (nSPS) is 10.5. The number of nitrogens with zero attached hydrogens (tertiary/aromatic N) is 1. The fourth-order valence-corrected chi connectivity index (χ4v) is 2.45. The van der Waals surface area contributed by atoms with E-state index >= 15 is 0 Å². The highest BCUT2D eigenvalue weighted by Crippen LogP contribution is 2.25. The summed E-state index contributed by atoms with van der Waals surface area (Å²) >= 11 is 0. The van der Waals surface area contributed by atoms with Crippen LogP contribution in [0.2, 0.25) is 0 Å². The second kappa shape index (κ2) is 7.02. The topological polar surface area (TPSA) is 107 Å². The molecule has 1 N–H and O–H groups in total. The third kappa shape index (κ3) is 3.51. The van der Waals surface area contributed by atoms with Crippen LogP contribution in [0.15, 0.2) is 60.7 Å². The number of benzene rings is 3. The second-order valence-electron chi connectivity index (χ2n) is 5.52. The Bertz CT molecular complexity index is 1010. The Balaban J connectivity index is 1.71. The quantitative estimate of drug-likeness (QED) is 0.326. The number of Topliss-reactive ketones (excluding diaryl/α,β-unsaturated/α-hetero) is 1. The van der Waals surface area contributed by atoms with Gasteiger partial charge in [-0.1, -0.05) is 24.3 Å². The maximum absolute atomic E-state index is 12.2. The third-order valence-electron chi connectivity index (χ3n) is 3.82. The minimum atomic E-state index is -0.830. The number of non-ortho nitro benzene ring substituents is 1. The SMILES string of the molecule is O=C(COC(=O)c1cc2ccccc2cc1O)c1ccc([N+](=O)[O-])cc1. The number of ketones is 1. The molecule has 0 saturated heterocycles. The zero-order chi connectivity index (χ0) is 18.7. The lowest BCUT2D eigenvalue weighted by atomic mass is 10.1. The zero-order valence-electron chi connectivity index (χ0n) is 13.4. The molecule has 0 heterocycles. The van der Waals surface area contributed by atoms with Crippen molar-refractivity contribution in [2.75, 3.05) is 6.61 Å². The molecule has 0 amide bonds. The van der Waals surface area contributed by atoms with E-state index in [1.165, 1.54) is 36.4 Å². The first-order valence-corrected chi connectivity index (χ1v) is 7.62. The van der Waals surface area contributed by atoms with Gasteiger partial charge in [0.1, 0.15) is 11.3 Å². The van der Waals surface area contributed by atoms with Crippen molar-refractivity contribution in [1.29, 1.82) is 0 Å². The molecule has 130 valence electrons. The van der Waals surface area contributed by atoms with E-state index in [0.717, 1.165) is 10.8 Å². The number of nitro benzene ring substituents is 1. The molecule has 0 unspecified atom stereocenters. The van der Waals surface area contributed by atoms with E-state index < -0.39 is 23.3 Å². The van der Waals surface area contributed by atoms with Gasteiger partial charge in [0.2, 0.25) is 0 Å². The summed E-state index contributed by atoms with van der Waals surface area (Å²) in [5.74, 6) is -1.58. The average Bonchev–Trinajstić information content (AvgIpc) is 2.65. The predicted molar refractivity (Wildman–Crippen MR) is 93.3 cm³/mol. The summed E-state index contributed by atoms with van der Waals surface area (Å²) in [4.78, 5) is 34.2. The van der Waals surface area contributed by atoms with E-state index in [1.54, 1.807) is 18.2 Å². The summed E-state index contributed by atoms with van der Waals surface area (Å²) < 4.78 is 4.97. The summed E-state index contributed by atoms with van der Waals surface area (Å²) in [7, 11) is 0. The van der Waals surface area contributed by atoms with Crippen molar-refractivity contribution in [2.45, 2.75) is 0 Å². The molecular weight excluding hydrogens is 338 g/mol. The first kappa shape index (κ1) is 17.1. The number of phenols is 1. The van der Waals surface area contributed by atoms with E-state index in [-0.39, 0.29) is 22.6 Å². The molecule has 0 saturated carbocycles. The van der Waals surface area contributed by atoms with Gasteiger partial charge in [0.05, 0.1) is 4.92 Å². The van der Waals surface area contributed by atoms with Crippen LogP contribution in [-0.2, 0) is 4.74 Å². The van der Waals surface area contributed by atoms with Crippen molar-refractivity contribution < 1.29 is 24.4 Å². The molecule has 0 aliphatic heterocycles. The van der Waals surface area contributed by atoms with Crippen LogP contribution in [0.25, 0.3) is 10.8 Å². The molecule has 0 bridgehead atoms. The monoisotopic (exact) mass is 351 g/mol. The van der Waals surface area contributed by atoms with Gasteiger partial charge in [0.15, 0.2) is 12.4 Å². The van der Waals surface area contributed by atoms with Gasteiger partial charge < -0.3 is 9.84 Å². The van der Waals surface area contributed by atoms with Gasteiger partial charge in [-0.3, -0.25) is 14.9 Å². The molecule has 0 aliphatic rings. The number of ether oxygens (including phenoxy) is 1. The first-order chi connectivity index (χ1) is 12.5. The molecule has 0 fully saturated rings. The minimum absolute atomic E-state index is 0.0415. The van der Waals surface area contributed by atoms with E-state index in [1.807, 2.05) is 6.07 Å². The second-order valence-corrected chi connectivity index (χ2v) is 5.52. The molecule has 0 spiro atoms. The number of nitro groups is 1. The van der Waals surface area contributed by atoms with E-state index in [0.29, 0.717) is 0 Å². The highest BCUT2D eigenvalue weighted by atomic mass is 16.6. The summed E-state index contributed by atoms with van der Waals surface area (Å²) in [6.07, 6.45) is 0. The van der Waals surface area contributed by atoms with E-state index in [9.17, 15) is 24.8 Å². The molecule has 3 rings (SSSR count). The van der Waals surface area contributed by atoms with Gasteiger partial charge >= 0.3 is 5.97 Å². The van der Waals surface area contributed by atoms with E-state index in [2.05, 4.69) is 0 Å². The van der Waals surface area contributed by atoms with Gasteiger partial charge in [-0.25, -0.2) is 4.79 Å². The number of esters is 1. The number of phenolic OH excluding ortho intramolecular Hbond substituents is 1. The fraction of sp³-hybridized carbons (Fsp3) is 0.0526. The van der Waals surface area contributed by atoms with Gasteiger partial charge in [-0.05, 0) is 35.0 Å². The lowest BCUT2D eigenvalue weighted by Crippen LogP contribution is -2.14. The molecule has 26 heavy (non-hydrogen) atoms. The Labute approximate surface area is 147 Å². The van der Waals surface area contributed by atoms with Crippen LogP contribution < -0.4 is 0 Å². The van der Waals surface area contributed by atoms with Gasteiger partial charge in [0, 0.05) is 17.7 Å². The Morgan fingerprint density at radius 1 is 1.00 bits per heavy atom. The van der Waals surface area contributed by atoms with Crippen LogP contribution >= 0.6 is 0 Å². The molecular formula is C19H13NO6. The van der Waals surface area contributed by atoms with Crippen molar-refractivity contribution in [1.82, 2.24) is 0 Å². The number of fused-ring (bicyclic) bond motifs is 1. The van der Waals surface area contributed by atoms with Crippen LogP contribution in [0, 0.1) is 10.1 Å². The molecule has 3 aromatic carbocycles. The fourth-order valence-electron chi connectivity index (χ4n) is 2.45. The maximum atomic E-state index is 12.2. The van der Waals surface area contributed by atoms with Crippen LogP contribution in [0.1, 0.15) is 20.7 Å². The van der Waals surface area contributed by atoms with Gasteiger partial charge in [-0.15, -0.1) is 0 Å². The largest absolute Gasteiger partial charge is 0.507 e. The van der Waals surface area contributed by atoms with Crippen LogP contribution in [0.3, 0.4) is 0 Å². The smallest absolute Gasteiger partial charge is 0.342 e. The molecule has 0 atom stereocenters. The third-order valence-corrected chi connectivity index (χ3v) is 3.82. The highest BCUT2D eigenvalue weighted by molar-refractivity contribution is 6.01. The standard InChI is InChI=1S/C19H13NO6/c21-17-10-14-4-2-1-3-13(14)9-16(17)19(23)26-11-18(22)12-5-7-15(8-6-12)20(24)25/h1-10,21H,11H2. The Hall–Kier alpha value is -3.74. The van der Waals surface area contributed by atoms with Crippen molar-refractivity contribution in [3.8, 4) is 5.75 Å². The molecule has 0 aromatic heterocycles. The number of hydrogen-bond donors (Lipinski definition) is 1. The molecule has 0 aliphatic carbocycles. The lowest BCUT2D eigenvalue weighted by molar-refractivity contribution is -0.384. The van der Waals surface area contributed by atoms with Gasteiger partial charge in [-0.2, -0.15) is 0 Å². The average molecular weight is 351 g/mol.